The fraction of sp³-hybridized carbons (Fsp3) is 0.875. The maximum Gasteiger partial charge on any atom is 0.150 e. The number of nitrogens with one attached hydrogen (secondary N) is 1. The Kier molecular flexibility index (Phi) is 3.44. The van der Waals surface area contributed by atoms with Crippen molar-refractivity contribution >= 4 is 15.6 Å². The van der Waals surface area contributed by atoms with Crippen molar-refractivity contribution in [3.05, 3.63) is 0 Å². The van der Waals surface area contributed by atoms with Crippen LogP contribution in [0.4, 0.5) is 0 Å². The molecule has 1 atom stereocenters. The van der Waals surface area contributed by atoms with Gasteiger partial charge in [-0.05, 0) is 19.4 Å². The Morgan fingerprint density at radius 2 is 2.23 bits per heavy atom. The molecule has 0 aromatic heterocycles. The van der Waals surface area contributed by atoms with Crippen molar-refractivity contribution in [3.63, 3.8) is 0 Å². The van der Waals surface area contributed by atoms with E-state index in [1.807, 2.05) is 0 Å². The summed E-state index contributed by atoms with van der Waals surface area (Å²) in [5.41, 5.74) is 0. The summed E-state index contributed by atoms with van der Waals surface area (Å²) < 4.78 is 21.6. The summed E-state index contributed by atoms with van der Waals surface area (Å²) in [5.74, 6) is 0.00669. The minimum absolute atomic E-state index is 0.0238. The number of ketones is 1. The lowest BCUT2D eigenvalue weighted by Crippen LogP contribution is -2.31. The van der Waals surface area contributed by atoms with Gasteiger partial charge < -0.3 is 5.32 Å². The van der Waals surface area contributed by atoms with E-state index < -0.39 is 9.84 Å². The molecular formula is C8H15NO3S. The van der Waals surface area contributed by atoms with Crippen LogP contribution >= 0.6 is 0 Å². The molecule has 1 fully saturated rings. The second-order valence-electron chi connectivity index (χ2n) is 3.50. The summed E-state index contributed by atoms with van der Waals surface area (Å²) in [7, 11) is -3.00. The fourth-order valence-electron chi connectivity index (χ4n) is 1.42. The van der Waals surface area contributed by atoms with Crippen molar-refractivity contribution in [2.45, 2.75) is 25.3 Å². The van der Waals surface area contributed by atoms with E-state index in [9.17, 15) is 13.2 Å². The number of carbonyl (C=O) groups is 1. The van der Waals surface area contributed by atoms with Gasteiger partial charge in [0.05, 0.1) is 11.8 Å². The minimum Gasteiger partial charge on any atom is -0.307 e. The van der Waals surface area contributed by atoms with Crippen LogP contribution in [0.25, 0.3) is 0 Å². The van der Waals surface area contributed by atoms with Crippen LogP contribution in [0.2, 0.25) is 0 Å². The molecule has 0 saturated carbocycles. The molecule has 1 saturated heterocycles. The maximum absolute atomic E-state index is 11.4. The summed E-state index contributed by atoms with van der Waals surface area (Å²) in [5, 5.41) is 3.05. The van der Waals surface area contributed by atoms with Crippen LogP contribution in [0, 0.1) is 0 Å². The average molecular weight is 205 g/mol. The first-order valence-electron chi connectivity index (χ1n) is 4.43. The molecule has 0 aliphatic carbocycles. The molecule has 1 N–H and O–H groups in total. The van der Waals surface area contributed by atoms with Crippen LogP contribution in [0.5, 0.6) is 0 Å². The molecule has 13 heavy (non-hydrogen) atoms. The van der Waals surface area contributed by atoms with Crippen LogP contribution < -0.4 is 5.32 Å². The molecule has 76 valence electrons. The molecule has 0 spiro atoms. The van der Waals surface area contributed by atoms with Gasteiger partial charge in [-0.1, -0.05) is 0 Å². The zero-order valence-electron chi connectivity index (χ0n) is 7.75. The average Bonchev–Trinajstić information content (AvgIpc) is 2.50. The summed E-state index contributed by atoms with van der Waals surface area (Å²) in [6.45, 7) is 0.870. The molecule has 5 heteroatoms. The van der Waals surface area contributed by atoms with Gasteiger partial charge in [0.25, 0.3) is 0 Å². The molecule has 1 unspecified atom stereocenters. The Morgan fingerprint density at radius 1 is 1.54 bits per heavy atom. The molecule has 0 radical (unpaired) electrons. The third-order valence-electron chi connectivity index (χ3n) is 2.17. The third kappa shape index (κ3) is 3.87. The molecule has 1 rings (SSSR count). The molecule has 1 aliphatic heterocycles. The Labute approximate surface area is 78.6 Å². The maximum atomic E-state index is 11.4. The van der Waals surface area contributed by atoms with E-state index in [1.54, 1.807) is 0 Å². The zero-order chi connectivity index (χ0) is 9.90. The van der Waals surface area contributed by atoms with Crippen LogP contribution in [-0.2, 0) is 14.6 Å². The van der Waals surface area contributed by atoms with Crippen molar-refractivity contribution in [2.24, 2.45) is 0 Å². The number of sulfone groups is 1. The Hall–Kier alpha value is -0.420. The van der Waals surface area contributed by atoms with E-state index in [2.05, 4.69) is 5.32 Å². The summed E-state index contributed by atoms with van der Waals surface area (Å²) in [6.07, 6.45) is 3.16. The van der Waals surface area contributed by atoms with Crippen LogP contribution in [0.1, 0.15) is 19.3 Å². The van der Waals surface area contributed by atoms with Crippen LogP contribution in [-0.4, -0.2) is 38.8 Å². The second kappa shape index (κ2) is 4.19. The molecule has 1 aliphatic rings. The van der Waals surface area contributed by atoms with Gasteiger partial charge in [-0.25, -0.2) is 8.42 Å². The first kappa shape index (κ1) is 10.7. The first-order chi connectivity index (χ1) is 5.99. The van der Waals surface area contributed by atoms with Crippen molar-refractivity contribution < 1.29 is 13.2 Å². The van der Waals surface area contributed by atoms with Crippen LogP contribution in [0.15, 0.2) is 0 Å². The Bertz CT molecular complexity index is 278. The van der Waals surface area contributed by atoms with Gasteiger partial charge in [-0.3, -0.25) is 4.79 Å². The van der Waals surface area contributed by atoms with E-state index in [1.165, 1.54) is 0 Å². The monoisotopic (exact) mass is 205 g/mol. The van der Waals surface area contributed by atoms with Gasteiger partial charge in [0.15, 0.2) is 5.78 Å². The standard InChI is InChI=1S/C8H15NO3S/c1-13(11,12)6-4-8(10)7-3-2-5-9-7/h7,9H,2-6H2,1H3. The largest absolute Gasteiger partial charge is 0.307 e. The number of hydrogen-bond donors (Lipinski definition) is 1. The predicted octanol–water partition coefficient (Wildman–Crippen LogP) is -0.258. The van der Waals surface area contributed by atoms with E-state index in [0.717, 1.165) is 25.6 Å². The van der Waals surface area contributed by atoms with E-state index >= 15 is 0 Å². The summed E-state index contributed by atoms with van der Waals surface area (Å²) in [6, 6.07) is -0.0956. The molecule has 0 amide bonds. The van der Waals surface area contributed by atoms with E-state index in [-0.39, 0.29) is 24.0 Å². The smallest absolute Gasteiger partial charge is 0.150 e. The minimum atomic E-state index is -3.00. The fourth-order valence-corrected chi connectivity index (χ4v) is 1.99. The number of Topliss-reactive ketones (excluding diaryl/α,β-unsaturated/α-hetero) is 1. The molecule has 0 aromatic rings. The van der Waals surface area contributed by atoms with Crippen molar-refractivity contribution in [2.75, 3.05) is 18.6 Å². The summed E-state index contributed by atoms with van der Waals surface area (Å²) >= 11 is 0. The van der Waals surface area contributed by atoms with Crippen molar-refractivity contribution in [3.8, 4) is 0 Å². The number of hydrogen-bond acceptors (Lipinski definition) is 4. The molecule has 0 bridgehead atoms. The number of rotatable bonds is 4. The molecule has 4 nitrogen and oxygen atoms in total. The normalized spacial score (nSPS) is 23.3. The second-order valence-corrected chi connectivity index (χ2v) is 5.75. The van der Waals surface area contributed by atoms with Gasteiger partial charge >= 0.3 is 0 Å². The van der Waals surface area contributed by atoms with Gasteiger partial charge in [-0.2, -0.15) is 0 Å². The van der Waals surface area contributed by atoms with Gasteiger partial charge in [0.1, 0.15) is 9.84 Å². The predicted molar refractivity (Wildman–Crippen MR) is 50.4 cm³/mol. The highest BCUT2D eigenvalue weighted by Gasteiger charge is 2.22. The van der Waals surface area contributed by atoms with Gasteiger partial charge in [0, 0.05) is 12.7 Å². The molecule has 0 aromatic carbocycles. The molecular weight excluding hydrogens is 190 g/mol. The zero-order valence-corrected chi connectivity index (χ0v) is 8.56. The number of carbonyl (C=O) groups excluding carboxylic acids is 1. The Balaban J connectivity index is 2.33. The Morgan fingerprint density at radius 3 is 2.69 bits per heavy atom. The van der Waals surface area contributed by atoms with Crippen LogP contribution in [0.3, 0.4) is 0 Å². The van der Waals surface area contributed by atoms with E-state index in [4.69, 9.17) is 0 Å². The SMILES string of the molecule is CS(=O)(=O)CCC(=O)C1CCCN1. The lowest BCUT2D eigenvalue weighted by atomic mass is 10.1. The van der Waals surface area contributed by atoms with E-state index in [0.29, 0.717) is 0 Å². The lowest BCUT2D eigenvalue weighted by molar-refractivity contribution is -0.120. The highest BCUT2D eigenvalue weighted by atomic mass is 32.2. The van der Waals surface area contributed by atoms with Crippen molar-refractivity contribution in [1.29, 1.82) is 0 Å². The quantitative estimate of drug-likeness (QED) is 0.687. The third-order valence-corrected chi connectivity index (χ3v) is 3.11. The van der Waals surface area contributed by atoms with Crippen molar-refractivity contribution in [1.82, 2.24) is 5.32 Å². The highest BCUT2D eigenvalue weighted by molar-refractivity contribution is 7.90. The molecule has 1 heterocycles. The van der Waals surface area contributed by atoms with Gasteiger partial charge in [-0.15, -0.1) is 0 Å². The highest BCUT2D eigenvalue weighted by Crippen LogP contribution is 2.08. The topological polar surface area (TPSA) is 63.2 Å². The first-order valence-corrected chi connectivity index (χ1v) is 6.49. The summed E-state index contributed by atoms with van der Waals surface area (Å²) in [4.78, 5) is 11.4. The lowest BCUT2D eigenvalue weighted by Gasteiger charge is -2.07. The van der Waals surface area contributed by atoms with Gasteiger partial charge in [0.2, 0.25) is 0 Å².